The summed E-state index contributed by atoms with van der Waals surface area (Å²) in [5, 5.41) is 10.1. The first-order valence-electron chi connectivity index (χ1n) is 6.96. The molecule has 1 nitrogen and oxygen atoms in total. The van der Waals surface area contributed by atoms with Crippen molar-refractivity contribution in [2.24, 2.45) is 5.92 Å². The number of halogens is 1. The molecule has 0 saturated heterocycles. The smallest absolute Gasteiger partial charge is 0.244 e. The van der Waals surface area contributed by atoms with Crippen LogP contribution in [0.3, 0.4) is 0 Å². The Morgan fingerprint density at radius 2 is 1.89 bits per heavy atom. The first-order valence-corrected chi connectivity index (χ1v) is 10.0. The van der Waals surface area contributed by atoms with Gasteiger partial charge in [0.2, 0.25) is 8.41 Å². The van der Waals surface area contributed by atoms with E-state index in [2.05, 4.69) is 12.1 Å². The number of allylic oxidation sites excluding steroid dienone is 1. The number of aliphatic hydroxyl groups excluding tert-OH is 1. The SMILES string of the molecule is C[C@H](/C=C/C[Si](C)(C)F)[C@H](O)CCc1ccccc1. The lowest BCUT2D eigenvalue weighted by Crippen LogP contribution is -2.18. The molecule has 0 spiro atoms. The van der Waals surface area contributed by atoms with Crippen LogP contribution in [-0.2, 0) is 6.42 Å². The van der Waals surface area contributed by atoms with E-state index in [-0.39, 0.29) is 12.0 Å². The minimum atomic E-state index is -2.50. The summed E-state index contributed by atoms with van der Waals surface area (Å²) in [6, 6.07) is 10.7. The Hall–Kier alpha value is -0.933. The van der Waals surface area contributed by atoms with E-state index in [9.17, 15) is 9.21 Å². The van der Waals surface area contributed by atoms with Gasteiger partial charge in [-0.2, -0.15) is 0 Å². The normalized spacial score (nSPS) is 15.6. The lowest BCUT2D eigenvalue weighted by atomic mass is 9.97. The summed E-state index contributed by atoms with van der Waals surface area (Å²) in [4.78, 5) is 0. The summed E-state index contributed by atoms with van der Waals surface area (Å²) in [6.07, 6.45) is 5.10. The third kappa shape index (κ3) is 7.28. The Balaban J connectivity index is 2.34. The lowest BCUT2D eigenvalue weighted by Gasteiger charge is -2.16. The molecule has 19 heavy (non-hydrogen) atoms. The van der Waals surface area contributed by atoms with Crippen LogP contribution in [0, 0.1) is 5.92 Å². The molecule has 1 aromatic rings. The molecule has 0 aliphatic heterocycles. The lowest BCUT2D eigenvalue weighted by molar-refractivity contribution is 0.128. The van der Waals surface area contributed by atoms with E-state index in [1.54, 1.807) is 13.1 Å². The number of aryl methyl sites for hydroxylation is 1. The van der Waals surface area contributed by atoms with Crippen molar-refractivity contribution in [2.75, 3.05) is 0 Å². The van der Waals surface area contributed by atoms with Crippen molar-refractivity contribution in [3.8, 4) is 0 Å². The summed E-state index contributed by atoms with van der Waals surface area (Å²) in [5.41, 5.74) is 1.25. The molecule has 0 aliphatic rings. The highest BCUT2D eigenvalue weighted by Crippen LogP contribution is 2.15. The van der Waals surface area contributed by atoms with Gasteiger partial charge in [-0.1, -0.05) is 49.4 Å². The Morgan fingerprint density at radius 1 is 1.26 bits per heavy atom. The van der Waals surface area contributed by atoms with Gasteiger partial charge in [-0.15, -0.1) is 0 Å². The van der Waals surface area contributed by atoms with Gasteiger partial charge in [0.25, 0.3) is 0 Å². The van der Waals surface area contributed by atoms with Crippen LogP contribution >= 0.6 is 0 Å². The molecule has 0 radical (unpaired) electrons. The summed E-state index contributed by atoms with van der Waals surface area (Å²) in [6.45, 7) is 5.39. The molecule has 0 unspecified atom stereocenters. The van der Waals surface area contributed by atoms with Gasteiger partial charge in [-0.25, -0.2) is 0 Å². The average Bonchev–Trinajstić information content (AvgIpc) is 2.35. The highest BCUT2D eigenvalue weighted by atomic mass is 28.4. The van der Waals surface area contributed by atoms with Crippen LogP contribution in [0.4, 0.5) is 4.11 Å². The van der Waals surface area contributed by atoms with Crippen LogP contribution in [0.15, 0.2) is 42.5 Å². The first kappa shape index (κ1) is 16.1. The highest BCUT2D eigenvalue weighted by molar-refractivity contribution is 6.70. The Labute approximate surface area is 117 Å². The topological polar surface area (TPSA) is 20.2 Å². The van der Waals surface area contributed by atoms with Crippen LogP contribution in [0.25, 0.3) is 0 Å². The molecule has 0 bridgehead atoms. The quantitative estimate of drug-likeness (QED) is 0.447. The van der Waals surface area contributed by atoms with Crippen molar-refractivity contribution < 1.29 is 9.21 Å². The van der Waals surface area contributed by atoms with Gasteiger partial charge in [-0.05, 0) is 43.5 Å². The van der Waals surface area contributed by atoms with E-state index >= 15 is 0 Å². The number of benzene rings is 1. The van der Waals surface area contributed by atoms with Crippen molar-refractivity contribution in [1.82, 2.24) is 0 Å². The van der Waals surface area contributed by atoms with Gasteiger partial charge in [0, 0.05) is 0 Å². The molecule has 0 aromatic heterocycles. The summed E-state index contributed by atoms with van der Waals surface area (Å²) >= 11 is 0. The molecule has 3 heteroatoms. The van der Waals surface area contributed by atoms with Crippen LogP contribution in [-0.4, -0.2) is 19.6 Å². The van der Waals surface area contributed by atoms with Gasteiger partial charge >= 0.3 is 0 Å². The maximum atomic E-state index is 13.4. The molecule has 2 atom stereocenters. The molecular formula is C16H25FOSi. The fourth-order valence-electron chi connectivity index (χ4n) is 1.91. The van der Waals surface area contributed by atoms with E-state index in [4.69, 9.17) is 0 Å². The van der Waals surface area contributed by atoms with Crippen molar-refractivity contribution in [3.63, 3.8) is 0 Å². The zero-order chi connectivity index (χ0) is 14.3. The van der Waals surface area contributed by atoms with Crippen molar-refractivity contribution in [2.45, 2.75) is 45.0 Å². The standard InChI is InChI=1S/C16H25FOSi/c1-14(8-7-13-19(2,3)17)16(18)12-11-15-9-5-4-6-10-15/h4-10,14,16,18H,11-13H2,1-3H3/b8-7+/t14-,16-/m1/s1. The zero-order valence-corrected chi connectivity index (χ0v) is 13.1. The highest BCUT2D eigenvalue weighted by Gasteiger charge is 2.18. The molecule has 1 aromatic carbocycles. The predicted octanol–water partition coefficient (Wildman–Crippen LogP) is 4.35. The van der Waals surface area contributed by atoms with Crippen LogP contribution < -0.4 is 0 Å². The van der Waals surface area contributed by atoms with Gasteiger partial charge in [-0.3, -0.25) is 0 Å². The van der Waals surface area contributed by atoms with Crippen LogP contribution in [0.2, 0.25) is 19.1 Å². The van der Waals surface area contributed by atoms with E-state index < -0.39 is 8.41 Å². The third-order valence-corrected chi connectivity index (χ3v) is 4.43. The second-order valence-corrected chi connectivity index (χ2v) is 9.65. The molecule has 0 saturated carbocycles. The first-order chi connectivity index (χ1) is 8.88. The Kier molecular flexibility index (Phi) is 6.45. The largest absolute Gasteiger partial charge is 0.393 e. The second-order valence-electron chi connectivity index (χ2n) is 5.80. The molecular weight excluding hydrogens is 255 g/mol. The van der Waals surface area contributed by atoms with Crippen molar-refractivity contribution >= 4 is 8.41 Å². The molecule has 0 aliphatic carbocycles. The van der Waals surface area contributed by atoms with Crippen molar-refractivity contribution in [1.29, 1.82) is 0 Å². The predicted molar refractivity (Wildman–Crippen MR) is 82.5 cm³/mol. The number of hydrogen-bond donors (Lipinski definition) is 1. The third-order valence-electron chi connectivity index (χ3n) is 3.22. The maximum Gasteiger partial charge on any atom is 0.244 e. The summed E-state index contributed by atoms with van der Waals surface area (Å²) in [7, 11) is -2.50. The van der Waals surface area contributed by atoms with Gasteiger partial charge < -0.3 is 9.21 Å². The van der Waals surface area contributed by atoms with Crippen molar-refractivity contribution in [3.05, 3.63) is 48.0 Å². The van der Waals surface area contributed by atoms with E-state index in [1.807, 2.05) is 37.3 Å². The van der Waals surface area contributed by atoms with Gasteiger partial charge in [0.1, 0.15) is 0 Å². The second kappa shape index (κ2) is 7.61. The number of aliphatic hydroxyl groups is 1. The Morgan fingerprint density at radius 3 is 2.47 bits per heavy atom. The Bertz CT molecular complexity index is 383. The minimum Gasteiger partial charge on any atom is -0.393 e. The molecule has 1 rings (SSSR count). The zero-order valence-electron chi connectivity index (χ0n) is 12.1. The van der Waals surface area contributed by atoms with Crippen LogP contribution in [0.5, 0.6) is 0 Å². The van der Waals surface area contributed by atoms with Gasteiger partial charge in [0.15, 0.2) is 0 Å². The van der Waals surface area contributed by atoms with E-state index in [1.165, 1.54) is 5.56 Å². The maximum absolute atomic E-state index is 13.4. The molecule has 0 amide bonds. The monoisotopic (exact) mass is 280 g/mol. The van der Waals surface area contributed by atoms with E-state index in [0.717, 1.165) is 12.8 Å². The molecule has 0 heterocycles. The fourth-order valence-corrected chi connectivity index (χ4v) is 2.61. The summed E-state index contributed by atoms with van der Waals surface area (Å²) in [5.74, 6) is 0.0834. The molecule has 0 fully saturated rings. The minimum absolute atomic E-state index is 0.0834. The number of rotatable bonds is 7. The average molecular weight is 280 g/mol. The van der Waals surface area contributed by atoms with E-state index in [0.29, 0.717) is 6.04 Å². The summed E-state index contributed by atoms with van der Waals surface area (Å²) < 4.78 is 13.4. The fraction of sp³-hybridized carbons (Fsp3) is 0.500. The van der Waals surface area contributed by atoms with Gasteiger partial charge in [0.05, 0.1) is 6.10 Å². The molecule has 106 valence electrons. The number of hydrogen-bond acceptors (Lipinski definition) is 1. The van der Waals surface area contributed by atoms with Crippen LogP contribution in [0.1, 0.15) is 18.9 Å². The molecule has 1 N–H and O–H groups in total.